The maximum absolute atomic E-state index is 12.0. The number of hydrogen-bond acceptors (Lipinski definition) is 3. The molecule has 0 saturated carbocycles. The van der Waals surface area contributed by atoms with Crippen molar-refractivity contribution in [2.24, 2.45) is 0 Å². The summed E-state index contributed by atoms with van der Waals surface area (Å²) in [6, 6.07) is 2.62. The maximum atomic E-state index is 12.0. The molecule has 1 aliphatic rings. The number of anilines is 1. The molecule has 1 aromatic carbocycles. The molecular formula is C13H14Cl2N2O4. The molecule has 1 heterocycles. The summed E-state index contributed by atoms with van der Waals surface area (Å²) >= 11 is 12.1. The summed E-state index contributed by atoms with van der Waals surface area (Å²) < 4.78 is 5.06. The third-order valence-electron chi connectivity index (χ3n) is 3.31. The number of carboxylic acid groups (broad SMARTS) is 1. The smallest absolute Gasteiger partial charge is 0.332 e. The molecule has 3 N–H and O–H groups in total. The van der Waals surface area contributed by atoms with Gasteiger partial charge in [0.15, 0.2) is 5.54 Å². The molecule has 114 valence electrons. The number of nitrogens with one attached hydrogen (secondary N) is 2. The number of benzene rings is 1. The minimum absolute atomic E-state index is 0.0783. The summed E-state index contributed by atoms with van der Waals surface area (Å²) in [6.45, 7) is 1.97. The predicted octanol–water partition coefficient (Wildman–Crippen LogP) is 2.67. The van der Waals surface area contributed by atoms with Gasteiger partial charge in [-0.3, -0.25) is 0 Å². The number of amides is 2. The molecule has 21 heavy (non-hydrogen) atoms. The van der Waals surface area contributed by atoms with E-state index >= 15 is 0 Å². The van der Waals surface area contributed by atoms with Gasteiger partial charge in [-0.2, -0.15) is 0 Å². The number of carbonyl (C=O) groups excluding carboxylic acids is 1. The number of halogens is 2. The number of aryl methyl sites for hydroxylation is 1. The van der Waals surface area contributed by atoms with Crippen molar-refractivity contribution in [1.29, 1.82) is 0 Å². The van der Waals surface area contributed by atoms with Crippen LogP contribution in [0.3, 0.4) is 0 Å². The fraction of sp³-hybridized carbons (Fsp3) is 0.385. The first-order valence-corrected chi connectivity index (χ1v) is 6.96. The molecule has 6 nitrogen and oxygen atoms in total. The Bertz CT molecular complexity index is 586. The number of carboxylic acids is 1. The zero-order chi connectivity index (χ0) is 15.6. The Labute approximate surface area is 131 Å². The van der Waals surface area contributed by atoms with Gasteiger partial charge < -0.3 is 20.5 Å². The molecule has 2 amide bonds. The SMILES string of the molecule is Cc1ccc(Cl)c(NC(=O)NC2(C(=O)O)CCOC2)c1Cl. The van der Waals surface area contributed by atoms with Gasteiger partial charge in [-0.15, -0.1) is 0 Å². The highest BCUT2D eigenvalue weighted by atomic mass is 35.5. The first kappa shape index (κ1) is 15.9. The number of aliphatic carboxylic acids is 1. The van der Waals surface area contributed by atoms with Crippen LogP contribution in [0.25, 0.3) is 0 Å². The van der Waals surface area contributed by atoms with Crippen LogP contribution >= 0.6 is 23.2 Å². The molecule has 2 rings (SSSR count). The van der Waals surface area contributed by atoms with Crippen molar-refractivity contribution in [3.05, 3.63) is 27.7 Å². The molecule has 0 radical (unpaired) electrons. The number of carbonyl (C=O) groups is 2. The highest BCUT2D eigenvalue weighted by Crippen LogP contribution is 2.33. The molecule has 1 aromatic rings. The molecule has 1 aliphatic heterocycles. The van der Waals surface area contributed by atoms with E-state index in [1.165, 1.54) is 0 Å². The predicted molar refractivity (Wildman–Crippen MR) is 79.2 cm³/mol. The fourth-order valence-electron chi connectivity index (χ4n) is 2.02. The van der Waals surface area contributed by atoms with Crippen LogP contribution in [0.4, 0.5) is 10.5 Å². The summed E-state index contributed by atoms with van der Waals surface area (Å²) in [5.74, 6) is -1.14. The molecule has 0 aromatic heterocycles. The second kappa shape index (κ2) is 6.09. The van der Waals surface area contributed by atoms with Gasteiger partial charge in [0.1, 0.15) is 0 Å². The van der Waals surface area contributed by atoms with Gasteiger partial charge in [-0.25, -0.2) is 9.59 Å². The van der Waals surface area contributed by atoms with Gasteiger partial charge in [-0.05, 0) is 18.6 Å². The Morgan fingerprint density at radius 3 is 2.67 bits per heavy atom. The van der Waals surface area contributed by atoms with E-state index < -0.39 is 17.5 Å². The zero-order valence-electron chi connectivity index (χ0n) is 11.2. The maximum Gasteiger partial charge on any atom is 0.332 e. The van der Waals surface area contributed by atoms with Crippen molar-refractivity contribution in [3.8, 4) is 0 Å². The van der Waals surface area contributed by atoms with E-state index in [1.54, 1.807) is 19.1 Å². The van der Waals surface area contributed by atoms with Gasteiger partial charge in [0.25, 0.3) is 0 Å². The van der Waals surface area contributed by atoms with Gasteiger partial charge in [-0.1, -0.05) is 29.3 Å². The van der Waals surface area contributed by atoms with Crippen LogP contribution in [0.1, 0.15) is 12.0 Å². The van der Waals surface area contributed by atoms with E-state index in [0.717, 1.165) is 5.56 Å². The third kappa shape index (κ3) is 3.23. The lowest BCUT2D eigenvalue weighted by molar-refractivity contribution is -0.144. The Morgan fingerprint density at radius 1 is 1.38 bits per heavy atom. The van der Waals surface area contributed by atoms with Gasteiger partial charge >= 0.3 is 12.0 Å². The second-order valence-electron chi connectivity index (χ2n) is 4.82. The van der Waals surface area contributed by atoms with E-state index in [4.69, 9.17) is 27.9 Å². The molecule has 1 saturated heterocycles. The number of urea groups is 1. The molecule has 1 unspecified atom stereocenters. The molecule has 1 atom stereocenters. The van der Waals surface area contributed by atoms with E-state index in [-0.39, 0.29) is 30.3 Å². The second-order valence-corrected chi connectivity index (χ2v) is 5.61. The summed E-state index contributed by atoms with van der Waals surface area (Å²) in [6.07, 6.45) is 0.199. The lowest BCUT2D eigenvalue weighted by Crippen LogP contribution is -2.56. The van der Waals surface area contributed by atoms with Crippen LogP contribution in [-0.4, -0.2) is 35.9 Å². The van der Waals surface area contributed by atoms with Crippen molar-refractivity contribution in [3.63, 3.8) is 0 Å². The molecule has 0 aliphatic carbocycles. The van der Waals surface area contributed by atoms with E-state index in [0.29, 0.717) is 5.02 Å². The highest BCUT2D eigenvalue weighted by molar-refractivity contribution is 6.40. The lowest BCUT2D eigenvalue weighted by Gasteiger charge is -2.24. The standard InChI is InChI=1S/C13H14Cl2N2O4/c1-7-2-3-8(14)10(9(7)15)16-12(20)17-13(11(18)19)4-5-21-6-13/h2-3H,4-6H2,1H3,(H,18,19)(H2,16,17,20). The first-order chi connectivity index (χ1) is 9.85. The third-order valence-corrected chi connectivity index (χ3v) is 4.11. The Hall–Kier alpha value is -1.50. The van der Waals surface area contributed by atoms with Crippen molar-refractivity contribution < 1.29 is 19.4 Å². The van der Waals surface area contributed by atoms with Crippen molar-refractivity contribution in [1.82, 2.24) is 5.32 Å². The van der Waals surface area contributed by atoms with Crippen molar-refractivity contribution >= 4 is 40.9 Å². The molecule has 1 fully saturated rings. The molecule has 0 bridgehead atoms. The topological polar surface area (TPSA) is 87.7 Å². The summed E-state index contributed by atoms with van der Waals surface area (Å²) in [5, 5.41) is 14.8. The Kier molecular flexibility index (Phi) is 4.61. The molecule has 8 heteroatoms. The number of hydrogen-bond donors (Lipinski definition) is 3. The molecule has 0 spiro atoms. The normalized spacial score (nSPS) is 21.1. The summed E-state index contributed by atoms with van der Waals surface area (Å²) in [7, 11) is 0. The zero-order valence-corrected chi connectivity index (χ0v) is 12.7. The van der Waals surface area contributed by atoms with Crippen molar-refractivity contribution in [2.45, 2.75) is 18.9 Å². The van der Waals surface area contributed by atoms with E-state index in [1.807, 2.05) is 0 Å². The Balaban J connectivity index is 2.16. The minimum atomic E-state index is -1.42. The van der Waals surface area contributed by atoms with Crippen LogP contribution in [0.15, 0.2) is 12.1 Å². The monoisotopic (exact) mass is 332 g/mol. The highest BCUT2D eigenvalue weighted by Gasteiger charge is 2.44. The Morgan fingerprint density at radius 2 is 2.10 bits per heavy atom. The van der Waals surface area contributed by atoms with Crippen LogP contribution in [-0.2, 0) is 9.53 Å². The summed E-state index contributed by atoms with van der Waals surface area (Å²) in [4.78, 5) is 23.4. The first-order valence-electron chi connectivity index (χ1n) is 6.20. The average molecular weight is 333 g/mol. The largest absolute Gasteiger partial charge is 0.479 e. The number of rotatable bonds is 3. The average Bonchev–Trinajstić information content (AvgIpc) is 2.89. The van der Waals surface area contributed by atoms with Crippen LogP contribution in [0.5, 0.6) is 0 Å². The fourth-order valence-corrected chi connectivity index (χ4v) is 2.48. The summed E-state index contributed by atoms with van der Waals surface area (Å²) in [5.41, 5.74) is -0.434. The minimum Gasteiger partial charge on any atom is -0.479 e. The van der Waals surface area contributed by atoms with Gasteiger partial charge in [0.05, 0.1) is 22.3 Å². The quantitative estimate of drug-likeness (QED) is 0.794. The molecular weight excluding hydrogens is 319 g/mol. The van der Waals surface area contributed by atoms with E-state index in [2.05, 4.69) is 10.6 Å². The van der Waals surface area contributed by atoms with Crippen LogP contribution in [0.2, 0.25) is 10.0 Å². The lowest BCUT2D eigenvalue weighted by atomic mass is 9.99. The number of ether oxygens (including phenoxy) is 1. The van der Waals surface area contributed by atoms with Crippen LogP contribution < -0.4 is 10.6 Å². The van der Waals surface area contributed by atoms with Crippen molar-refractivity contribution in [2.75, 3.05) is 18.5 Å². The van der Waals surface area contributed by atoms with Crippen LogP contribution in [0, 0.1) is 6.92 Å². The van der Waals surface area contributed by atoms with E-state index in [9.17, 15) is 14.7 Å². The van der Waals surface area contributed by atoms with Gasteiger partial charge in [0.2, 0.25) is 0 Å². The van der Waals surface area contributed by atoms with Gasteiger partial charge in [0, 0.05) is 13.0 Å².